The van der Waals surface area contributed by atoms with Crippen molar-refractivity contribution in [2.45, 2.75) is 31.8 Å². The van der Waals surface area contributed by atoms with Crippen LogP contribution in [0.5, 0.6) is 0 Å². The molecule has 0 radical (unpaired) electrons. The van der Waals surface area contributed by atoms with E-state index in [0.717, 1.165) is 29.1 Å². The number of para-hydroxylation sites is 1. The summed E-state index contributed by atoms with van der Waals surface area (Å²) in [5.41, 5.74) is 8.40. The van der Waals surface area contributed by atoms with E-state index in [9.17, 15) is 4.79 Å². The van der Waals surface area contributed by atoms with E-state index in [4.69, 9.17) is 5.73 Å². The number of aromatic nitrogens is 3. The van der Waals surface area contributed by atoms with Crippen molar-refractivity contribution in [3.8, 4) is 16.3 Å². The van der Waals surface area contributed by atoms with E-state index in [1.54, 1.807) is 6.20 Å². The van der Waals surface area contributed by atoms with Gasteiger partial charge in [-0.25, -0.2) is 9.67 Å². The largest absolute Gasteiger partial charge is 0.334 e. The van der Waals surface area contributed by atoms with Crippen molar-refractivity contribution in [1.82, 2.24) is 19.7 Å². The summed E-state index contributed by atoms with van der Waals surface area (Å²) in [6.45, 7) is 2.74. The highest BCUT2D eigenvalue weighted by Gasteiger charge is 2.29. The predicted molar refractivity (Wildman–Crippen MR) is 102 cm³/mol. The van der Waals surface area contributed by atoms with E-state index >= 15 is 0 Å². The van der Waals surface area contributed by atoms with E-state index < -0.39 is 0 Å². The Bertz CT molecular complexity index is 904. The second-order valence-corrected chi connectivity index (χ2v) is 7.54. The minimum absolute atomic E-state index is 0.0117. The number of carbonyl (C=O) groups is 1. The van der Waals surface area contributed by atoms with Gasteiger partial charge in [0.2, 0.25) is 0 Å². The Kier molecular flexibility index (Phi) is 4.57. The van der Waals surface area contributed by atoms with Gasteiger partial charge in [-0.1, -0.05) is 18.2 Å². The monoisotopic (exact) mass is 367 g/mol. The van der Waals surface area contributed by atoms with Crippen LogP contribution in [-0.4, -0.2) is 44.2 Å². The van der Waals surface area contributed by atoms with E-state index in [1.807, 2.05) is 58.4 Å². The maximum absolute atomic E-state index is 12.8. The molecule has 4 rings (SSSR count). The molecule has 0 saturated carbocycles. The molecule has 3 heterocycles. The van der Waals surface area contributed by atoms with E-state index in [2.05, 4.69) is 10.1 Å². The highest BCUT2D eigenvalue weighted by molar-refractivity contribution is 7.13. The summed E-state index contributed by atoms with van der Waals surface area (Å²) in [4.78, 5) is 19.2. The number of likely N-dealkylation sites (tertiary alicyclic amines) is 1. The Morgan fingerprint density at radius 3 is 2.88 bits per heavy atom. The molecule has 26 heavy (non-hydrogen) atoms. The number of carbonyl (C=O) groups excluding carboxylic acids is 1. The van der Waals surface area contributed by atoms with Crippen LogP contribution >= 0.6 is 11.3 Å². The van der Waals surface area contributed by atoms with Crippen molar-refractivity contribution in [1.29, 1.82) is 0 Å². The molecule has 2 N–H and O–H groups in total. The van der Waals surface area contributed by atoms with Crippen molar-refractivity contribution in [3.05, 3.63) is 53.8 Å². The van der Waals surface area contributed by atoms with E-state index in [1.165, 1.54) is 11.3 Å². The molecular formula is C19H21N5OS. The number of nitrogens with zero attached hydrogens (tertiary/aromatic N) is 4. The van der Waals surface area contributed by atoms with Gasteiger partial charge in [-0.15, -0.1) is 11.3 Å². The maximum Gasteiger partial charge on any atom is 0.273 e. The van der Waals surface area contributed by atoms with Crippen molar-refractivity contribution in [2.75, 3.05) is 6.54 Å². The molecule has 1 aliphatic rings. The lowest BCUT2D eigenvalue weighted by atomic mass is 9.99. The number of piperidine rings is 1. The molecule has 2 aromatic heterocycles. The fourth-order valence-corrected chi connectivity index (χ4v) is 4.09. The average Bonchev–Trinajstić information content (AvgIpc) is 3.31. The zero-order valence-electron chi connectivity index (χ0n) is 14.6. The van der Waals surface area contributed by atoms with Crippen molar-refractivity contribution in [3.63, 3.8) is 0 Å². The van der Waals surface area contributed by atoms with Gasteiger partial charge in [0, 0.05) is 35.8 Å². The number of benzene rings is 1. The van der Waals surface area contributed by atoms with E-state index in [-0.39, 0.29) is 18.0 Å². The molecule has 0 unspecified atom stereocenters. The number of amides is 1. The molecule has 0 aliphatic carbocycles. The number of thiazole rings is 1. The fourth-order valence-electron chi connectivity index (χ4n) is 3.32. The summed E-state index contributed by atoms with van der Waals surface area (Å²) in [6.07, 6.45) is 5.40. The maximum atomic E-state index is 12.8. The van der Waals surface area contributed by atoms with Crippen LogP contribution in [0, 0.1) is 0 Å². The molecule has 134 valence electrons. The summed E-state index contributed by atoms with van der Waals surface area (Å²) < 4.78 is 1.81. The lowest BCUT2D eigenvalue weighted by molar-refractivity contribution is 0.0614. The lowest BCUT2D eigenvalue weighted by Crippen LogP contribution is -2.48. The van der Waals surface area contributed by atoms with Crippen LogP contribution in [0.3, 0.4) is 0 Å². The third-order valence-corrected chi connectivity index (χ3v) is 5.64. The highest BCUT2D eigenvalue weighted by atomic mass is 32.1. The molecule has 2 atom stereocenters. The van der Waals surface area contributed by atoms with Crippen LogP contribution in [0.2, 0.25) is 0 Å². The topological polar surface area (TPSA) is 77.0 Å². The first kappa shape index (κ1) is 16.9. The Balaban J connectivity index is 1.53. The second-order valence-electron chi connectivity index (χ2n) is 6.68. The van der Waals surface area contributed by atoms with E-state index in [0.29, 0.717) is 12.2 Å². The van der Waals surface area contributed by atoms with Gasteiger partial charge in [0.15, 0.2) is 0 Å². The summed E-state index contributed by atoms with van der Waals surface area (Å²) in [6, 6.07) is 10.2. The van der Waals surface area contributed by atoms with Gasteiger partial charge < -0.3 is 10.6 Å². The number of hydrogen-bond acceptors (Lipinski definition) is 5. The minimum atomic E-state index is -0.0117. The smallest absolute Gasteiger partial charge is 0.273 e. The minimum Gasteiger partial charge on any atom is -0.334 e. The fraction of sp³-hybridized carbons (Fsp3) is 0.316. The third kappa shape index (κ3) is 3.27. The van der Waals surface area contributed by atoms with Crippen LogP contribution in [0.15, 0.2) is 48.1 Å². The van der Waals surface area contributed by atoms with Gasteiger partial charge in [-0.05, 0) is 31.9 Å². The molecule has 1 amide bonds. The predicted octanol–water partition coefficient (Wildman–Crippen LogP) is 2.95. The SMILES string of the molecule is C[C@@H]1C[C@@H](N)CCN1C(=O)c1csc(-c2cnn(-c3ccccc3)c2)n1. The van der Waals surface area contributed by atoms with Gasteiger partial charge in [0.1, 0.15) is 10.7 Å². The Hall–Kier alpha value is -2.51. The zero-order valence-corrected chi connectivity index (χ0v) is 15.4. The highest BCUT2D eigenvalue weighted by Crippen LogP contribution is 2.26. The number of rotatable bonds is 3. The second kappa shape index (κ2) is 7.01. The lowest BCUT2D eigenvalue weighted by Gasteiger charge is -2.35. The first-order valence-electron chi connectivity index (χ1n) is 8.74. The van der Waals surface area contributed by atoms with Gasteiger partial charge in [0.05, 0.1) is 11.9 Å². The molecule has 1 fully saturated rings. The first-order chi connectivity index (χ1) is 12.6. The summed E-state index contributed by atoms with van der Waals surface area (Å²) in [5, 5.41) is 7.04. The van der Waals surface area contributed by atoms with Gasteiger partial charge in [-0.3, -0.25) is 4.79 Å². The normalized spacial score (nSPS) is 20.3. The number of nitrogens with two attached hydrogens (primary N) is 1. The average molecular weight is 367 g/mol. The standard InChI is InChI=1S/C19H21N5OS/c1-13-9-15(20)7-8-23(13)19(25)17-12-26-18(22-17)14-10-21-24(11-14)16-5-3-2-4-6-16/h2-6,10-13,15H,7-9,20H2,1H3/t13-,15+/m1/s1. The summed E-state index contributed by atoms with van der Waals surface area (Å²) in [7, 11) is 0. The van der Waals surface area contributed by atoms with Crippen LogP contribution in [0.4, 0.5) is 0 Å². The third-order valence-electron chi connectivity index (χ3n) is 4.75. The Morgan fingerprint density at radius 2 is 2.12 bits per heavy atom. The van der Waals surface area contributed by atoms with Gasteiger partial charge in [0.25, 0.3) is 5.91 Å². The molecule has 0 spiro atoms. The Labute approximate surface area is 156 Å². The van der Waals surface area contributed by atoms with Crippen molar-refractivity contribution < 1.29 is 4.79 Å². The Morgan fingerprint density at radius 1 is 1.31 bits per heavy atom. The van der Waals surface area contributed by atoms with Crippen LogP contribution in [0.25, 0.3) is 16.3 Å². The molecule has 7 heteroatoms. The van der Waals surface area contributed by atoms with Crippen molar-refractivity contribution in [2.24, 2.45) is 5.73 Å². The quantitative estimate of drug-likeness (QED) is 0.772. The molecular weight excluding hydrogens is 346 g/mol. The zero-order chi connectivity index (χ0) is 18.1. The molecule has 6 nitrogen and oxygen atoms in total. The van der Waals surface area contributed by atoms with Crippen LogP contribution < -0.4 is 5.73 Å². The summed E-state index contributed by atoms with van der Waals surface area (Å²) >= 11 is 1.47. The molecule has 3 aromatic rings. The van der Waals surface area contributed by atoms with Crippen LogP contribution in [0.1, 0.15) is 30.3 Å². The van der Waals surface area contributed by atoms with Gasteiger partial charge >= 0.3 is 0 Å². The molecule has 1 saturated heterocycles. The van der Waals surface area contributed by atoms with Crippen LogP contribution in [-0.2, 0) is 0 Å². The number of hydrogen-bond donors (Lipinski definition) is 1. The summed E-state index contributed by atoms with van der Waals surface area (Å²) in [5.74, 6) is -0.0117. The molecule has 1 aliphatic heterocycles. The van der Waals surface area contributed by atoms with Crippen molar-refractivity contribution >= 4 is 17.2 Å². The molecule has 0 bridgehead atoms. The first-order valence-corrected chi connectivity index (χ1v) is 9.62. The van der Waals surface area contributed by atoms with Gasteiger partial charge in [-0.2, -0.15) is 5.10 Å². The molecule has 1 aromatic carbocycles.